The predicted octanol–water partition coefficient (Wildman–Crippen LogP) is 1.59. The van der Waals surface area contributed by atoms with Gasteiger partial charge in [-0.25, -0.2) is 0 Å². The number of aromatic nitrogens is 1. The molecule has 0 amide bonds. The summed E-state index contributed by atoms with van der Waals surface area (Å²) in [6.07, 6.45) is 2.69. The fourth-order valence-electron chi connectivity index (χ4n) is 1.42. The van der Waals surface area contributed by atoms with Gasteiger partial charge in [0, 0.05) is 37.4 Å². The van der Waals surface area contributed by atoms with E-state index in [1.165, 1.54) is 0 Å². The van der Waals surface area contributed by atoms with Crippen LogP contribution in [0.5, 0.6) is 0 Å². The van der Waals surface area contributed by atoms with Crippen molar-refractivity contribution in [2.45, 2.75) is 33.2 Å². The minimum atomic E-state index is 0.391. The summed E-state index contributed by atoms with van der Waals surface area (Å²) in [5.74, 6) is 0.874. The standard InChI is InChI=1S/C13H22N4/c1-4-14-13(17-11(2)3)16-10-8-12-7-5-6-9-15-12/h5-7,9,11H,4,8,10H2,1-3H3,(H2,14,16,17). The average molecular weight is 234 g/mol. The zero-order valence-corrected chi connectivity index (χ0v) is 10.9. The van der Waals surface area contributed by atoms with Gasteiger partial charge in [-0.15, -0.1) is 0 Å². The van der Waals surface area contributed by atoms with Gasteiger partial charge in [-0.3, -0.25) is 9.98 Å². The Morgan fingerprint density at radius 2 is 2.24 bits per heavy atom. The van der Waals surface area contributed by atoms with E-state index in [1.807, 2.05) is 24.4 Å². The molecule has 1 heterocycles. The van der Waals surface area contributed by atoms with Gasteiger partial charge in [0.1, 0.15) is 0 Å². The first-order valence-electron chi connectivity index (χ1n) is 6.17. The Morgan fingerprint density at radius 1 is 1.41 bits per heavy atom. The molecule has 1 aromatic rings. The van der Waals surface area contributed by atoms with Gasteiger partial charge in [0.15, 0.2) is 5.96 Å². The number of nitrogens with zero attached hydrogens (tertiary/aromatic N) is 2. The Balaban J connectivity index is 2.43. The fraction of sp³-hybridized carbons (Fsp3) is 0.538. The molecule has 4 nitrogen and oxygen atoms in total. The molecule has 0 aliphatic rings. The van der Waals surface area contributed by atoms with Gasteiger partial charge in [-0.2, -0.15) is 0 Å². The highest BCUT2D eigenvalue weighted by Gasteiger charge is 1.99. The fourth-order valence-corrected chi connectivity index (χ4v) is 1.42. The zero-order chi connectivity index (χ0) is 12.5. The number of aliphatic imine (C=N–C) groups is 1. The van der Waals surface area contributed by atoms with Crippen molar-refractivity contribution in [1.29, 1.82) is 0 Å². The largest absolute Gasteiger partial charge is 0.357 e. The van der Waals surface area contributed by atoms with Crippen molar-refractivity contribution < 1.29 is 0 Å². The molecule has 0 fully saturated rings. The monoisotopic (exact) mass is 234 g/mol. The Morgan fingerprint density at radius 3 is 2.82 bits per heavy atom. The molecule has 2 N–H and O–H groups in total. The van der Waals surface area contributed by atoms with Crippen LogP contribution < -0.4 is 10.6 Å². The molecule has 0 saturated carbocycles. The highest BCUT2D eigenvalue weighted by atomic mass is 15.2. The number of hydrogen-bond acceptors (Lipinski definition) is 2. The Hall–Kier alpha value is -1.58. The predicted molar refractivity (Wildman–Crippen MR) is 72.2 cm³/mol. The average Bonchev–Trinajstić information content (AvgIpc) is 2.30. The molecule has 4 heteroatoms. The third-order valence-corrected chi connectivity index (χ3v) is 2.13. The van der Waals surface area contributed by atoms with E-state index in [9.17, 15) is 0 Å². The van der Waals surface area contributed by atoms with E-state index >= 15 is 0 Å². The number of guanidine groups is 1. The van der Waals surface area contributed by atoms with Crippen LogP contribution in [0.25, 0.3) is 0 Å². The SMILES string of the molecule is CCNC(=NCCc1ccccn1)NC(C)C. The van der Waals surface area contributed by atoms with Gasteiger partial charge >= 0.3 is 0 Å². The zero-order valence-electron chi connectivity index (χ0n) is 10.9. The van der Waals surface area contributed by atoms with Crippen LogP contribution in [0, 0.1) is 0 Å². The summed E-state index contributed by atoms with van der Waals surface area (Å²) in [7, 11) is 0. The van der Waals surface area contributed by atoms with E-state index in [0.717, 1.165) is 31.2 Å². The smallest absolute Gasteiger partial charge is 0.191 e. The van der Waals surface area contributed by atoms with E-state index in [4.69, 9.17) is 0 Å². The molecule has 0 aromatic carbocycles. The van der Waals surface area contributed by atoms with Crippen molar-refractivity contribution in [2.24, 2.45) is 4.99 Å². The first-order valence-corrected chi connectivity index (χ1v) is 6.17. The molecule has 0 unspecified atom stereocenters. The Kier molecular flexibility index (Phi) is 6.07. The lowest BCUT2D eigenvalue weighted by Gasteiger charge is -2.13. The molecule has 0 bridgehead atoms. The molecule has 0 aliphatic heterocycles. The van der Waals surface area contributed by atoms with Crippen LogP contribution in [0.2, 0.25) is 0 Å². The number of pyridine rings is 1. The number of nitrogens with one attached hydrogen (secondary N) is 2. The third-order valence-electron chi connectivity index (χ3n) is 2.13. The van der Waals surface area contributed by atoms with E-state index in [1.54, 1.807) is 0 Å². The molecule has 1 aromatic heterocycles. The van der Waals surface area contributed by atoms with Crippen molar-refractivity contribution in [3.05, 3.63) is 30.1 Å². The van der Waals surface area contributed by atoms with Gasteiger partial charge in [-0.1, -0.05) is 6.07 Å². The second-order valence-corrected chi connectivity index (χ2v) is 4.13. The molecule has 0 aliphatic carbocycles. The van der Waals surface area contributed by atoms with Gasteiger partial charge in [0.05, 0.1) is 0 Å². The molecule has 0 saturated heterocycles. The summed E-state index contributed by atoms with van der Waals surface area (Å²) < 4.78 is 0. The maximum atomic E-state index is 4.50. The molecular weight excluding hydrogens is 212 g/mol. The van der Waals surface area contributed by atoms with Crippen molar-refractivity contribution in [1.82, 2.24) is 15.6 Å². The van der Waals surface area contributed by atoms with E-state index in [-0.39, 0.29) is 0 Å². The van der Waals surface area contributed by atoms with Crippen molar-refractivity contribution in [3.63, 3.8) is 0 Å². The van der Waals surface area contributed by atoms with Crippen molar-refractivity contribution in [3.8, 4) is 0 Å². The second kappa shape index (κ2) is 7.65. The molecule has 94 valence electrons. The van der Waals surface area contributed by atoms with Crippen LogP contribution in [0.4, 0.5) is 0 Å². The Labute approximate surface area is 104 Å². The Bertz CT molecular complexity index is 333. The molecule has 1 rings (SSSR count). The van der Waals surface area contributed by atoms with Crippen molar-refractivity contribution >= 4 is 5.96 Å². The van der Waals surface area contributed by atoms with Crippen LogP contribution in [0.1, 0.15) is 26.5 Å². The molecular formula is C13H22N4. The summed E-state index contributed by atoms with van der Waals surface area (Å²) in [4.78, 5) is 8.78. The summed E-state index contributed by atoms with van der Waals surface area (Å²) in [5.41, 5.74) is 1.08. The highest BCUT2D eigenvalue weighted by molar-refractivity contribution is 5.79. The normalized spacial score (nSPS) is 11.6. The summed E-state index contributed by atoms with van der Waals surface area (Å²) in [6.45, 7) is 7.90. The van der Waals surface area contributed by atoms with Gasteiger partial charge in [-0.05, 0) is 32.9 Å². The third kappa shape index (κ3) is 5.90. The minimum Gasteiger partial charge on any atom is -0.357 e. The molecule has 0 radical (unpaired) electrons. The first kappa shape index (κ1) is 13.5. The topological polar surface area (TPSA) is 49.3 Å². The van der Waals surface area contributed by atoms with Gasteiger partial charge < -0.3 is 10.6 Å². The van der Waals surface area contributed by atoms with E-state index in [2.05, 4.69) is 41.4 Å². The molecule has 17 heavy (non-hydrogen) atoms. The van der Waals surface area contributed by atoms with Crippen LogP contribution in [-0.4, -0.2) is 30.1 Å². The van der Waals surface area contributed by atoms with Gasteiger partial charge in [0.25, 0.3) is 0 Å². The minimum absolute atomic E-state index is 0.391. The number of hydrogen-bond donors (Lipinski definition) is 2. The van der Waals surface area contributed by atoms with Crippen LogP contribution in [-0.2, 0) is 6.42 Å². The van der Waals surface area contributed by atoms with E-state index in [0.29, 0.717) is 6.04 Å². The summed E-state index contributed by atoms with van der Waals surface area (Å²) in [5, 5.41) is 6.50. The van der Waals surface area contributed by atoms with Crippen molar-refractivity contribution in [2.75, 3.05) is 13.1 Å². The van der Waals surface area contributed by atoms with Crippen LogP contribution in [0.15, 0.2) is 29.4 Å². The van der Waals surface area contributed by atoms with Crippen LogP contribution in [0.3, 0.4) is 0 Å². The maximum Gasteiger partial charge on any atom is 0.191 e. The lowest BCUT2D eigenvalue weighted by Crippen LogP contribution is -2.41. The second-order valence-electron chi connectivity index (χ2n) is 4.13. The summed E-state index contributed by atoms with van der Waals surface area (Å²) >= 11 is 0. The highest BCUT2D eigenvalue weighted by Crippen LogP contribution is 1.94. The van der Waals surface area contributed by atoms with E-state index < -0.39 is 0 Å². The lowest BCUT2D eigenvalue weighted by molar-refractivity contribution is 0.700. The first-order chi connectivity index (χ1) is 8.22. The van der Waals surface area contributed by atoms with Gasteiger partial charge in [0.2, 0.25) is 0 Å². The molecule has 0 spiro atoms. The quantitative estimate of drug-likeness (QED) is 0.601. The lowest BCUT2D eigenvalue weighted by atomic mass is 10.3. The summed E-state index contributed by atoms with van der Waals surface area (Å²) in [6, 6.07) is 6.35. The maximum absolute atomic E-state index is 4.50. The van der Waals surface area contributed by atoms with Crippen LogP contribution >= 0.6 is 0 Å². The molecule has 0 atom stereocenters. The number of rotatable bonds is 5.